The average molecular weight is 476 g/mol. The quantitative estimate of drug-likeness (QED) is 0.0983. The van der Waals surface area contributed by atoms with Gasteiger partial charge >= 0.3 is 0 Å². The number of nitrogens with zero attached hydrogens (tertiary/aromatic N) is 1. The summed E-state index contributed by atoms with van der Waals surface area (Å²) in [5.41, 5.74) is 5.26. The van der Waals surface area contributed by atoms with E-state index in [1.165, 1.54) is 83.5 Å². The second-order valence-electron chi connectivity index (χ2n) is 9.79. The highest BCUT2D eigenvalue weighted by atomic mass is 16.9. The van der Waals surface area contributed by atoms with Gasteiger partial charge in [0.05, 0.1) is 12.1 Å². The molecule has 0 radical (unpaired) electrons. The highest BCUT2D eigenvalue weighted by molar-refractivity contribution is 5.76. The number of rotatable bonds is 20. The summed E-state index contributed by atoms with van der Waals surface area (Å²) in [6, 6.07) is -0.265. The van der Waals surface area contributed by atoms with Crippen LogP contribution >= 0.6 is 0 Å². The molecule has 0 spiro atoms. The van der Waals surface area contributed by atoms with Crippen LogP contribution in [0.5, 0.6) is 0 Å². The lowest BCUT2D eigenvalue weighted by atomic mass is 9.91. The lowest BCUT2D eigenvalue weighted by Crippen LogP contribution is -2.56. The molecule has 5 N–H and O–H groups in total. The molecule has 0 heterocycles. The zero-order chi connectivity index (χ0) is 25.5. The number of carbonyl (C=O) groups excluding carboxylic acids is 1. The van der Waals surface area contributed by atoms with Gasteiger partial charge < -0.3 is 21.4 Å². The SMILES string of the molecule is CCCCCCCCCCCCCCCCCC(=O)NC(CC)C(O)C(C)(C)N.O=[N+]([O-])O. The first-order chi connectivity index (χ1) is 15.6. The summed E-state index contributed by atoms with van der Waals surface area (Å²) in [4.78, 5) is 20.5. The smallest absolute Gasteiger partial charge is 0.291 e. The molecule has 2 atom stereocenters. The highest BCUT2D eigenvalue weighted by Crippen LogP contribution is 2.15. The van der Waals surface area contributed by atoms with E-state index in [2.05, 4.69) is 12.2 Å². The minimum Gasteiger partial charge on any atom is -0.389 e. The van der Waals surface area contributed by atoms with Gasteiger partial charge in [-0.05, 0) is 26.7 Å². The van der Waals surface area contributed by atoms with Gasteiger partial charge in [-0.3, -0.25) is 4.79 Å². The van der Waals surface area contributed by atoms with Crippen molar-refractivity contribution in [3.05, 3.63) is 10.1 Å². The van der Waals surface area contributed by atoms with E-state index in [9.17, 15) is 9.90 Å². The van der Waals surface area contributed by atoms with Crippen molar-refractivity contribution in [1.29, 1.82) is 0 Å². The van der Waals surface area contributed by atoms with Gasteiger partial charge in [0.15, 0.2) is 0 Å². The number of unbranched alkanes of at least 4 members (excludes halogenated alkanes) is 14. The Hall–Kier alpha value is -1.41. The van der Waals surface area contributed by atoms with Crippen molar-refractivity contribution >= 4 is 5.91 Å². The summed E-state index contributed by atoms with van der Waals surface area (Å²) in [5.74, 6) is 0.0369. The summed E-state index contributed by atoms with van der Waals surface area (Å²) in [7, 11) is 0. The van der Waals surface area contributed by atoms with Crippen molar-refractivity contribution in [2.45, 2.75) is 155 Å². The van der Waals surface area contributed by atoms with Crippen LogP contribution in [0.3, 0.4) is 0 Å². The van der Waals surface area contributed by atoms with E-state index in [4.69, 9.17) is 21.1 Å². The number of hydrogen-bond donors (Lipinski definition) is 4. The standard InChI is InChI=1S/C25H52N2O2.HNO3/c1-5-7-8-9-10-11-12-13-14-15-16-17-18-19-20-21-23(28)27-22(6-2)24(29)25(3,4)26;2-1(3)4/h22,24,29H,5-21,26H2,1-4H3,(H,27,28);(H,2,3,4). The first-order valence-electron chi connectivity index (χ1n) is 13.2. The largest absolute Gasteiger partial charge is 0.389 e. The Morgan fingerprint density at radius 1 is 0.879 bits per heavy atom. The fraction of sp³-hybridized carbons (Fsp3) is 0.960. The zero-order valence-electron chi connectivity index (χ0n) is 21.8. The van der Waals surface area contributed by atoms with Crippen LogP contribution in [0.15, 0.2) is 0 Å². The van der Waals surface area contributed by atoms with E-state index in [1.54, 1.807) is 13.8 Å². The maximum absolute atomic E-state index is 12.1. The van der Waals surface area contributed by atoms with Crippen LogP contribution in [0.25, 0.3) is 0 Å². The summed E-state index contributed by atoms with van der Waals surface area (Å²) < 4.78 is 0. The lowest BCUT2D eigenvalue weighted by Gasteiger charge is -2.32. The third kappa shape index (κ3) is 25.1. The second kappa shape index (κ2) is 22.4. The van der Waals surface area contributed by atoms with Gasteiger partial charge in [0.2, 0.25) is 5.91 Å². The average Bonchev–Trinajstić information content (AvgIpc) is 2.73. The zero-order valence-corrected chi connectivity index (χ0v) is 21.8. The predicted octanol–water partition coefficient (Wildman–Crippen LogP) is 5.89. The third-order valence-electron chi connectivity index (χ3n) is 5.94. The molecule has 0 saturated heterocycles. The Labute approximate surface area is 202 Å². The number of carbonyl (C=O) groups is 1. The summed E-state index contributed by atoms with van der Waals surface area (Å²) in [5, 5.41) is 26.9. The van der Waals surface area contributed by atoms with Crippen molar-refractivity contribution in [2.75, 3.05) is 0 Å². The van der Waals surface area contributed by atoms with Crippen LogP contribution in [0.2, 0.25) is 0 Å². The normalized spacial score (nSPS) is 13.0. The maximum atomic E-state index is 12.1. The van der Waals surface area contributed by atoms with Crippen LogP contribution in [-0.4, -0.2) is 39.0 Å². The molecular weight excluding hydrogens is 422 g/mol. The summed E-state index contributed by atoms with van der Waals surface area (Å²) in [6.45, 7) is 7.82. The first kappa shape index (κ1) is 33.8. The van der Waals surface area contributed by atoms with Gasteiger partial charge in [-0.25, -0.2) is 0 Å². The molecule has 33 heavy (non-hydrogen) atoms. The highest BCUT2D eigenvalue weighted by Gasteiger charge is 2.30. The van der Waals surface area contributed by atoms with Crippen molar-refractivity contribution < 1.29 is 20.2 Å². The van der Waals surface area contributed by atoms with Gasteiger partial charge in [-0.1, -0.05) is 104 Å². The van der Waals surface area contributed by atoms with Crippen LogP contribution in [0.4, 0.5) is 0 Å². The van der Waals surface area contributed by atoms with Crippen LogP contribution < -0.4 is 11.1 Å². The molecule has 198 valence electrons. The first-order valence-corrected chi connectivity index (χ1v) is 13.2. The van der Waals surface area contributed by atoms with E-state index in [0.29, 0.717) is 12.8 Å². The molecule has 0 aliphatic heterocycles. The molecule has 8 nitrogen and oxygen atoms in total. The Balaban J connectivity index is 0. The van der Waals surface area contributed by atoms with Gasteiger partial charge in [-0.15, -0.1) is 10.1 Å². The van der Waals surface area contributed by atoms with E-state index in [0.717, 1.165) is 12.8 Å². The van der Waals surface area contributed by atoms with Crippen molar-refractivity contribution in [3.63, 3.8) is 0 Å². The maximum Gasteiger partial charge on any atom is 0.291 e. The number of aliphatic hydroxyl groups excluding tert-OH is 1. The predicted molar refractivity (Wildman–Crippen MR) is 135 cm³/mol. The van der Waals surface area contributed by atoms with E-state index in [-0.39, 0.29) is 11.9 Å². The minimum absolute atomic E-state index is 0.0369. The molecule has 8 heteroatoms. The Kier molecular flexibility index (Phi) is 22.9. The molecule has 0 aromatic rings. The third-order valence-corrected chi connectivity index (χ3v) is 5.94. The fourth-order valence-corrected chi connectivity index (χ4v) is 3.86. The number of nitrogens with one attached hydrogen (secondary N) is 1. The van der Waals surface area contributed by atoms with Gasteiger partial charge in [0.25, 0.3) is 5.09 Å². The van der Waals surface area contributed by atoms with Gasteiger partial charge in [-0.2, -0.15) is 0 Å². The van der Waals surface area contributed by atoms with Crippen LogP contribution in [0, 0.1) is 10.1 Å². The van der Waals surface area contributed by atoms with Gasteiger partial charge in [0.1, 0.15) is 0 Å². The van der Waals surface area contributed by atoms with Crippen molar-refractivity contribution in [2.24, 2.45) is 5.73 Å². The minimum atomic E-state index is -1.50. The molecule has 0 aliphatic rings. The fourth-order valence-electron chi connectivity index (χ4n) is 3.86. The summed E-state index contributed by atoms with van der Waals surface area (Å²) in [6.07, 6.45) is 20.4. The van der Waals surface area contributed by atoms with Crippen LogP contribution in [0.1, 0.15) is 137 Å². The summed E-state index contributed by atoms with van der Waals surface area (Å²) >= 11 is 0. The monoisotopic (exact) mass is 475 g/mol. The molecule has 0 aliphatic carbocycles. The molecule has 0 aromatic carbocycles. The number of amides is 1. The van der Waals surface area contributed by atoms with E-state index in [1.807, 2.05) is 6.92 Å². The molecule has 1 amide bonds. The van der Waals surface area contributed by atoms with E-state index < -0.39 is 16.7 Å². The lowest BCUT2D eigenvalue weighted by molar-refractivity contribution is -0.742. The Morgan fingerprint density at radius 2 is 1.21 bits per heavy atom. The Bertz CT molecular complexity index is 465. The molecular formula is C25H53N3O5. The molecule has 0 saturated carbocycles. The number of nitrogens with two attached hydrogens (primary N) is 1. The van der Waals surface area contributed by atoms with E-state index >= 15 is 0 Å². The topological polar surface area (TPSA) is 139 Å². The molecule has 2 unspecified atom stereocenters. The Morgan fingerprint density at radius 3 is 1.52 bits per heavy atom. The van der Waals surface area contributed by atoms with Gasteiger partial charge in [0, 0.05) is 12.0 Å². The van der Waals surface area contributed by atoms with Crippen LogP contribution in [-0.2, 0) is 4.79 Å². The number of hydrogen-bond acceptors (Lipinski definition) is 5. The molecule has 0 aromatic heterocycles. The molecule has 0 rings (SSSR count). The molecule has 0 fully saturated rings. The van der Waals surface area contributed by atoms with Crippen molar-refractivity contribution in [3.8, 4) is 0 Å². The number of aliphatic hydroxyl groups is 1. The van der Waals surface area contributed by atoms with Crippen molar-refractivity contribution in [1.82, 2.24) is 5.32 Å². The second-order valence-corrected chi connectivity index (χ2v) is 9.79. The molecule has 0 bridgehead atoms.